The van der Waals surface area contributed by atoms with Gasteiger partial charge in [-0.1, -0.05) is 29.5 Å². The topological polar surface area (TPSA) is 243 Å². The number of nitrogen functional groups attached to an aromatic ring is 1. The zero-order chi connectivity index (χ0) is 28.4. The number of carboxylic acid groups (broad SMARTS) is 1. The summed E-state index contributed by atoms with van der Waals surface area (Å²) in [6.07, 6.45) is 1.75. The molecule has 0 aliphatic carbocycles. The van der Waals surface area contributed by atoms with Crippen molar-refractivity contribution in [3.05, 3.63) is 30.3 Å². The minimum absolute atomic E-state index is 0.0358. The average molecular weight is 595 g/mol. The van der Waals surface area contributed by atoms with E-state index in [4.69, 9.17) is 20.8 Å². The van der Waals surface area contributed by atoms with Gasteiger partial charge in [-0.05, 0) is 42.3 Å². The lowest BCUT2D eigenvalue weighted by atomic mass is 9.98. The van der Waals surface area contributed by atoms with E-state index in [0.717, 1.165) is 28.4 Å². The smallest absolute Gasteiger partial charge is 0.244 e. The van der Waals surface area contributed by atoms with Crippen molar-refractivity contribution in [1.82, 2.24) is 35.2 Å². The van der Waals surface area contributed by atoms with Gasteiger partial charge in [0, 0.05) is 31.7 Å². The van der Waals surface area contributed by atoms with E-state index in [0.29, 0.717) is 21.8 Å². The highest BCUT2D eigenvalue weighted by molar-refractivity contribution is 7.92. The van der Waals surface area contributed by atoms with Crippen LogP contribution in [0.25, 0.3) is 32.7 Å². The van der Waals surface area contributed by atoms with E-state index in [1.807, 2.05) is 6.07 Å². The quantitative estimate of drug-likeness (QED) is 0.190. The molecule has 5 rings (SSSR count). The Hall–Kier alpha value is -3.55. The van der Waals surface area contributed by atoms with E-state index in [2.05, 4.69) is 30.9 Å². The third-order valence-electron chi connectivity index (χ3n) is 6.03. The maximum atomic E-state index is 13.7. The summed E-state index contributed by atoms with van der Waals surface area (Å²) in [6.45, 7) is 0.466. The molecular formula is C21H24N9O6S3-. The predicted octanol–water partition coefficient (Wildman–Crippen LogP) is -0.888. The van der Waals surface area contributed by atoms with Crippen LogP contribution in [-0.4, -0.2) is 79.4 Å². The number of nitrogens with zero attached hydrogens (tertiary/aromatic N) is 5. The van der Waals surface area contributed by atoms with Crippen molar-refractivity contribution >= 4 is 53.2 Å². The number of aromatic nitrogens is 5. The lowest BCUT2D eigenvalue weighted by molar-refractivity contribution is -0.283. The second-order valence-corrected chi connectivity index (χ2v) is 13.0. The summed E-state index contributed by atoms with van der Waals surface area (Å²) in [7, 11) is -7.47. The lowest BCUT2D eigenvalue weighted by Gasteiger charge is -2.23. The first-order chi connectivity index (χ1) is 18.5. The number of hydrogen-bond acceptors (Lipinski definition) is 13. The molecule has 0 amide bonds. The number of anilines is 1. The monoisotopic (exact) mass is 594 g/mol. The number of tetrazole rings is 1. The second kappa shape index (κ2) is 11.3. The number of carbonyl (C=O) groups is 1. The van der Waals surface area contributed by atoms with E-state index in [1.54, 1.807) is 12.1 Å². The molecule has 1 atom stereocenters. The summed E-state index contributed by atoms with van der Waals surface area (Å²) in [4.78, 5) is 11.5. The normalized spacial score (nSPS) is 15.8. The standard InChI is InChI=1S/C20H23N9O4S3.CH2O2/c1-29(10-11-4-3-9-23-11)36(32,33)15-8-7-12(13-5-2-6-14-17(13)24-20(21)34-14)16(18(15)35(22,30)31)19-25-27-28-26-19;2-1-3/h2,5-8,11,23H,3-4,9-10H2,1H3,(H2,21,24)(H2,22,30,31)(H,25,26,27,28);1H,(H,2,3)/p-1/t11-;/m0./s1. The van der Waals surface area contributed by atoms with Crippen LogP contribution in [0.3, 0.4) is 0 Å². The summed E-state index contributed by atoms with van der Waals surface area (Å²) in [5.74, 6) is -0.133. The molecule has 18 heteroatoms. The number of H-pyrrole nitrogens is 1. The first-order valence-corrected chi connectivity index (χ1v) is 15.1. The number of sulfonamides is 2. The molecule has 0 saturated carbocycles. The van der Waals surface area contributed by atoms with Crippen LogP contribution in [0.1, 0.15) is 12.8 Å². The number of thiazole rings is 1. The van der Waals surface area contributed by atoms with Crippen LogP contribution >= 0.6 is 11.3 Å². The average Bonchev–Trinajstić information content (AvgIpc) is 3.64. The molecule has 0 bridgehead atoms. The maximum Gasteiger partial charge on any atom is 0.244 e. The van der Waals surface area contributed by atoms with Crippen molar-refractivity contribution in [3.8, 4) is 22.5 Å². The number of aromatic amines is 1. The van der Waals surface area contributed by atoms with Crippen molar-refractivity contribution in [1.29, 1.82) is 0 Å². The first kappa shape index (κ1) is 28.5. The summed E-state index contributed by atoms with van der Waals surface area (Å²) in [5, 5.41) is 31.2. The Morgan fingerprint density at radius 2 is 1.95 bits per heavy atom. The van der Waals surface area contributed by atoms with Gasteiger partial charge in [0.25, 0.3) is 0 Å². The number of hydrogen-bond donors (Lipinski definition) is 4. The van der Waals surface area contributed by atoms with Crippen LogP contribution in [0.2, 0.25) is 0 Å². The predicted molar refractivity (Wildman–Crippen MR) is 141 cm³/mol. The van der Waals surface area contributed by atoms with Gasteiger partial charge in [0.1, 0.15) is 9.79 Å². The molecule has 2 aromatic heterocycles. The fourth-order valence-electron chi connectivity index (χ4n) is 4.44. The summed E-state index contributed by atoms with van der Waals surface area (Å²) in [6, 6.07) is 8.01. The minimum atomic E-state index is -4.60. The zero-order valence-electron chi connectivity index (χ0n) is 20.4. The molecule has 0 radical (unpaired) electrons. The molecule has 208 valence electrons. The Labute approximate surface area is 227 Å². The van der Waals surface area contributed by atoms with Gasteiger partial charge in [-0.25, -0.2) is 27.0 Å². The van der Waals surface area contributed by atoms with Gasteiger partial charge in [0.15, 0.2) is 5.13 Å². The summed E-state index contributed by atoms with van der Waals surface area (Å²) < 4.78 is 55.2. The Balaban J connectivity index is 0.00000112. The van der Waals surface area contributed by atoms with E-state index in [9.17, 15) is 16.8 Å². The van der Waals surface area contributed by atoms with Crippen LogP contribution in [0.15, 0.2) is 40.1 Å². The molecule has 0 spiro atoms. The van der Waals surface area contributed by atoms with Crippen LogP contribution in [-0.2, 0) is 24.8 Å². The molecule has 2 aromatic carbocycles. The molecule has 1 fully saturated rings. The van der Waals surface area contributed by atoms with Gasteiger partial charge in [0.05, 0.1) is 15.8 Å². The summed E-state index contributed by atoms with van der Waals surface area (Å²) in [5.41, 5.74) is 7.16. The van der Waals surface area contributed by atoms with Gasteiger partial charge >= 0.3 is 0 Å². The molecular weight excluding hydrogens is 570 g/mol. The number of para-hydroxylation sites is 1. The van der Waals surface area contributed by atoms with Crippen molar-refractivity contribution < 1.29 is 26.7 Å². The third-order valence-corrected chi connectivity index (χ3v) is 9.87. The number of carbonyl (C=O) groups excluding carboxylic acids is 1. The highest BCUT2D eigenvalue weighted by atomic mass is 32.2. The van der Waals surface area contributed by atoms with Crippen LogP contribution in [0, 0.1) is 0 Å². The fraction of sp³-hybridized carbons (Fsp3) is 0.286. The number of benzene rings is 2. The van der Waals surface area contributed by atoms with Gasteiger partial charge in [0.2, 0.25) is 25.9 Å². The van der Waals surface area contributed by atoms with Gasteiger partial charge < -0.3 is 21.0 Å². The molecule has 6 N–H and O–H groups in total. The van der Waals surface area contributed by atoms with E-state index in [-0.39, 0.29) is 24.0 Å². The number of fused-ring (bicyclic) bond motifs is 1. The number of likely N-dealkylation sites (N-methyl/N-ethyl adjacent to an activating group) is 1. The van der Waals surface area contributed by atoms with Crippen molar-refractivity contribution in [3.63, 3.8) is 0 Å². The molecule has 3 heterocycles. The first-order valence-electron chi connectivity index (χ1n) is 11.3. The van der Waals surface area contributed by atoms with E-state index in [1.165, 1.54) is 30.5 Å². The zero-order valence-corrected chi connectivity index (χ0v) is 22.9. The van der Waals surface area contributed by atoms with Crippen molar-refractivity contribution in [2.24, 2.45) is 5.14 Å². The Kier molecular flexibility index (Phi) is 8.23. The van der Waals surface area contributed by atoms with Gasteiger partial charge in [-0.3, -0.25) is 0 Å². The van der Waals surface area contributed by atoms with Crippen molar-refractivity contribution in [2.45, 2.75) is 28.7 Å². The minimum Gasteiger partial charge on any atom is -0.554 e. The Bertz CT molecular complexity index is 1700. The van der Waals surface area contributed by atoms with Crippen LogP contribution < -0.4 is 21.3 Å². The molecule has 0 unspecified atom stereocenters. The second-order valence-electron chi connectivity index (χ2n) is 8.48. The molecule has 1 aliphatic heterocycles. The molecule has 1 saturated heterocycles. The molecule has 39 heavy (non-hydrogen) atoms. The highest BCUT2D eigenvalue weighted by Crippen LogP contribution is 2.42. The number of rotatable bonds is 7. The van der Waals surface area contributed by atoms with Gasteiger partial charge in [-0.15, -0.1) is 10.2 Å². The molecule has 1 aliphatic rings. The lowest BCUT2D eigenvalue weighted by Crippen LogP contribution is -2.39. The van der Waals surface area contributed by atoms with E-state index < -0.39 is 36.3 Å². The molecule has 4 aromatic rings. The van der Waals surface area contributed by atoms with Crippen molar-refractivity contribution in [2.75, 3.05) is 25.9 Å². The summed E-state index contributed by atoms with van der Waals surface area (Å²) >= 11 is 1.27. The molecule has 15 nitrogen and oxygen atoms in total. The van der Waals surface area contributed by atoms with E-state index >= 15 is 0 Å². The third kappa shape index (κ3) is 5.75. The maximum absolute atomic E-state index is 13.7. The fourth-order valence-corrected chi connectivity index (χ4v) is 7.98. The number of primary sulfonamides is 1. The number of nitrogens with one attached hydrogen (secondary N) is 2. The Morgan fingerprint density at radius 1 is 1.21 bits per heavy atom. The number of nitrogens with two attached hydrogens (primary N) is 2. The largest absolute Gasteiger partial charge is 0.554 e. The SMILES string of the molecule is CN(C[C@@H]1CCCN1)S(=O)(=O)c1ccc(-c2cccc3sc(N)nc23)c(-c2nn[nH]n2)c1S(N)(=O)=O.O=C[O-]. The van der Waals surface area contributed by atoms with Crippen LogP contribution in [0.5, 0.6) is 0 Å². The highest BCUT2D eigenvalue weighted by Gasteiger charge is 2.35. The Morgan fingerprint density at radius 3 is 2.56 bits per heavy atom. The van der Waals surface area contributed by atoms with Gasteiger partial charge in [-0.2, -0.15) is 9.52 Å². The van der Waals surface area contributed by atoms with Crippen LogP contribution in [0.4, 0.5) is 5.13 Å².